The molecule has 1 amide bonds. The molecule has 0 bridgehead atoms. The van der Waals surface area contributed by atoms with Crippen LogP contribution in [0.2, 0.25) is 0 Å². The molecule has 0 aliphatic carbocycles. The third-order valence-electron chi connectivity index (χ3n) is 3.94. The smallest absolute Gasteiger partial charge is 0.223 e. The van der Waals surface area contributed by atoms with Crippen LogP contribution in [0.1, 0.15) is 25.8 Å². The minimum Gasteiger partial charge on any atom is -0.492 e. The first-order chi connectivity index (χ1) is 9.97. The number of benzene rings is 1. The van der Waals surface area contributed by atoms with E-state index in [4.69, 9.17) is 22.7 Å². The lowest BCUT2D eigenvalue weighted by Crippen LogP contribution is -2.30. The molecule has 1 heterocycles. The Morgan fingerprint density at radius 3 is 2.90 bits per heavy atom. The van der Waals surface area contributed by atoms with Gasteiger partial charge in [-0.05, 0) is 24.0 Å². The minimum atomic E-state index is 0.231. The maximum atomic E-state index is 11.9. The summed E-state index contributed by atoms with van der Waals surface area (Å²) in [6, 6.07) is 7.40. The molecular weight excluding hydrogens is 284 g/mol. The van der Waals surface area contributed by atoms with Crippen LogP contribution in [0.25, 0.3) is 0 Å². The molecule has 2 rings (SSSR count). The van der Waals surface area contributed by atoms with Crippen LogP contribution >= 0.6 is 12.2 Å². The van der Waals surface area contributed by atoms with E-state index in [2.05, 4.69) is 13.8 Å². The first-order valence-corrected chi connectivity index (χ1v) is 7.68. The standard InChI is InChI=1S/C16H22N2O2S/c1-11(2)13-9-15(19)18(10-13)6-7-20-14-5-3-4-12(8-14)16(17)21/h3-5,8,11,13H,6-7,9-10H2,1-2H3,(H2,17,21). The topological polar surface area (TPSA) is 55.6 Å². The highest BCUT2D eigenvalue weighted by Crippen LogP contribution is 2.24. The average Bonchev–Trinajstić information content (AvgIpc) is 2.81. The third-order valence-corrected chi connectivity index (χ3v) is 4.17. The number of hydrogen-bond donors (Lipinski definition) is 1. The van der Waals surface area contributed by atoms with Crippen LogP contribution in [-0.4, -0.2) is 35.5 Å². The molecule has 21 heavy (non-hydrogen) atoms. The van der Waals surface area contributed by atoms with Gasteiger partial charge in [-0.3, -0.25) is 4.79 Å². The summed E-state index contributed by atoms with van der Waals surface area (Å²) in [6.45, 7) is 6.28. The number of carbonyl (C=O) groups excluding carboxylic acids is 1. The second kappa shape index (κ2) is 6.89. The van der Waals surface area contributed by atoms with E-state index in [0.29, 0.717) is 36.4 Å². The van der Waals surface area contributed by atoms with E-state index < -0.39 is 0 Å². The van der Waals surface area contributed by atoms with Crippen LogP contribution < -0.4 is 10.5 Å². The van der Waals surface area contributed by atoms with Gasteiger partial charge in [0.2, 0.25) is 5.91 Å². The average molecular weight is 306 g/mol. The minimum absolute atomic E-state index is 0.231. The molecule has 1 aromatic rings. The predicted octanol–water partition coefficient (Wildman–Crippen LogP) is 2.20. The first kappa shape index (κ1) is 15.8. The Morgan fingerprint density at radius 1 is 1.52 bits per heavy atom. The highest BCUT2D eigenvalue weighted by Gasteiger charge is 2.30. The van der Waals surface area contributed by atoms with Gasteiger partial charge >= 0.3 is 0 Å². The summed E-state index contributed by atoms with van der Waals surface area (Å²) in [6.07, 6.45) is 0.661. The molecule has 1 aliphatic rings. The molecule has 1 fully saturated rings. The SMILES string of the molecule is CC(C)C1CC(=O)N(CCOc2cccc(C(N)=S)c2)C1. The second-order valence-corrected chi connectivity index (χ2v) is 6.23. The fraction of sp³-hybridized carbons (Fsp3) is 0.500. The third kappa shape index (κ3) is 4.17. The molecular formula is C16H22N2O2S. The van der Waals surface area contributed by atoms with Crippen molar-refractivity contribution in [2.45, 2.75) is 20.3 Å². The molecule has 1 aromatic carbocycles. The Bertz CT molecular complexity index is 531. The molecule has 0 spiro atoms. The number of nitrogens with zero attached hydrogens (tertiary/aromatic N) is 1. The summed E-state index contributed by atoms with van der Waals surface area (Å²) in [5.41, 5.74) is 6.39. The first-order valence-electron chi connectivity index (χ1n) is 7.28. The molecule has 2 N–H and O–H groups in total. The lowest BCUT2D eigenvalue weighted by Gasteiger charge is -2.18. The van der Waals surface area contributed by atoms with Gasteiger partial charge < -0.3 is 15.4 Å². The highest BCUT2D eigenvalue weighted by atomic mass is 32.1. The van der Waals surface area contributed by atoms with E-state index in [-0.39, 0.29) is 5.91 Å². The van der Waals surface area contributed by atoms with Crippen molar-refractivity contribution >= 4 is 23.1 Å². The van der Waals surface area contributed by atoms with Gasteiger partial charge in [-0.15, -0.1) is 0 Å². The molecule has 0 aromatic heterocycles. The zero-order valence-corrected chi connectivity index (χ0v) is 13.4. The fourth-order valence-electron chi connectivity index (χ4n) is 2.48. The van der Waals surface area contributed by atoms with Crippen molar-refractivity contribution in [1.29, 1.82) is 0 Å². The number of carbonyl (C=O) groups is 1. The number of hydrogen-bond acceptors (Lipinski definition) is 3. The highest BCUT2D eigenvalue weighted by molar-refractivity contribution is 7.80. The largest absolute Gasteiger partial charge is 0.492 e. The monoisotopic (exact) mass is 306 g/mol. The molecule has 4 nitrogen and oxygen atoms in total. The lowest BCUT2D eigenvalue weighted by molar-refractivity contribution is -0.128. The number of ether oxygens (including phenoxy) is 1. The van der Waals surface area contributed by atoms with Gasteiger partial charge in [0.15, 0.2) is 0 Å². The van der Waals surface area contributed by atoms with Gasteiger partial charge in [0, 0.05) is 18.5 Å². The van der Waals surface area contributed by atoms with Crippen molar-refractivity contribution in [3.8, 4) is 5.75 Å². The van der Waals surface area contributed by atoms with Gasteiger partial charge in [0.1, 0.15) is 17.3 Å². The number of likely N-dealkylation sites (tertiary alicyclic amines) is 1. The Balaban J connectivity index is 1.83. The summed E-state index contributed by atoms with van der Waals surface area (Å²) in [7, 11) is 0. The summed E-state index contributed by atoms with van der Waals surface area (Å²) < 4.78 is 5.69. The van der Waals surface area contributed by atoms with Gasteiger partial charge in [0.05, 0.1) is 6.54 Å². The van der Waals surface area contributed by atoms with E-state index in [1.807, 2.05) is 29.2 Å². The summed E-state index contributed by atoms with van der Waals surface area (Å²) in [5.74, 6) is 1.97. The van der Waals surface area contributed by atoms with Crippen molar-refractivity contribution < 1.29 is 9.53 Å². The van der Waals surface area contributed by atoms with Crippen LogP contribution in [0.3, 0.4) is 0 Å². The summed E-state index contributed by atoms with van der Waals surface area (Å²) >= 11 is 4.94. The quantitative estimate of drug-likeness (QED) is 0.819. The Kier molecular flexibility index (Phi) is 5.17. The van der Waals surface area contributed by atoms with E-state index in [1.54, 1.807) is 0 Å². The Morgan fingerprint density at radius 2 is 2.29 bits per heavy atom. The molecule has 1 aliphatic heterocycles. The Hall–Kier alpha value is -1.62. The van der Waals surface area contributed by atoms with Crippen molar-refractivity contribution in [2.24, 2.45) is 17.6 Å². The van der Waals surface area contributed by atoms with Crippen LogP contribution in [0.4, 0.5) is 0 Å². The van der Waals surface area contributed by atoms with Gasteiger partial charge in [-0.1, -0.05) is 38.2 Å². The number of amides is 1. The maximum Gasteiger partial charge on any atom is 0.223 e. The van der Waals surface area contributed by atoms with Crippen molar-refractivity contribution in [1.82, 2.24) is 4.90 Å². The molecule has 1 unspecified atom stereocenters. The predicted molar refractivity (Wildman–Crippen MR) is 87.3 cm³/mol. The normalized spacial score (nSPS) is 18.3. The van der Waals surface area contributed by atoms with E-state index in [1.165, 1.54) is 0 Å². The van der Waals surface area contributed by atoms with Crippen LogP contribution in [0.15, 0.2) is 24.3 Å². The van der Waals surface area contributed by atoms with Crippen molar-refractivity contribution in [3.05, 3.63) is 29.8 Å². The van der Waals surface area contributed by atoms with E-state index in [0.717, 1.165) is 17.9 Å². The van der Waals surface area contributed by atoms with Crippen molar-refractivity contribution in [3.63, 3.8) is 0 Å². The second-order valence-electron chi connectivity index (χ2n) is 5.79. The molecule has 1 saturated heterocycles. The van der Waals surface area contributed by atoms with E-state index >= 15 is 0 Å². The summed E-state index contributed by atoms with van der Waals surface area (Å²) in [4.78, 5) is 14.2. The molecule has 114 valence electrons. The van der Waals surface area contributed by atoms with Gasteiger partial charge in [0.25, 0.3) is 0 Å². The molecule has 0 saturated carbocycles. The summed E-state index contributed by atoms with van der Waals surface area (Å²) in [5, 5.41) is 0. The molecule has 0 radical (unpaired) electrons. The van der Waals surface area contributed by atoms with E-state index in [9.17, 15) is 4.79 Å². The molecule has 5 heteroatoms. The zero-order chi connectivity index (χ0) is 15.4. The molecule has 1 atom stereocenters. The van der Waals surface area contributed by atoms with Gasteiger partial charge in [-0.25, -0.2) is 0 Å². The number of rotatable bonds is 6. The fourth-order valence-corrected chi connectivity index (χ4v) is 2.61. The Labute approximate surface area is 131 Å². The van der Waals surface area contributed by atoms with Crippen LogP contribution in [0, 0.1) is 11.8 Å². The number of thiocarbonyl (C=S) groups is 1. The maximum absolute atomic E-state index is 11.9. The van der Waals surface area contributed by atoms with Gasteiger partial charge in [-0.2, -0.15) is 0 Å². The lowest BCUT2D eigenvalue weighted by atomic mass is 9.95. The van der Waals surface area contributed by atoms with Crippen molar-refractivity contribution in [2.75, 3.05) is 19.7 Å². The zero-order valence-electron chi connectivity index (χ0n) is 12.5. The van der Waals surface area contributed by atoms with Crippen LogP contribution in [-0.2, 0) is 4.79 Å². The van der Waals surface area contributed by atoms with Crippen LogP contribution in [0.5, 0.6) is 5.75 Å². The number of nitrogens with two attached hydrogens (primary N) is 1.